The Morgan fingerprint density at radius 1 is 1.60 bits per heavy atom. The van der Waals surface area contributed by atoms with Crippen LogP contribution in [0.1, 0.15) is 24.3 Å². The molecule has 0 spiro atoms. The van der Waals surface area contributed by atoms with Crippen LogP contribution < -0.4 is 11.1 Å². The summed E-state index contributed by atoms with van der Waals surface area (Å²) < 4.78 is 1.14. The number of nitrogens with one attached hydrogen (secondary N) is 1. The summed E-state index contributed by atoms with van der Waals surface area (Å²) in [4.78, 5) is 1.27. The van der Waals surface area contributed by atoms with Crippen molar-refractivity contribution < 1.29 is 0 Å². The molecule has 0 saturated heterocycles. The Morgan fingerprint density at radius 2 is 2.40 bits per heavy atom. The molecule has 0 aliphatic carbocycles. The van der Waals surface area contributed by atoms with Gasteiger partial charge in [-0.15, -0.1) is 23.2 Å². The van der Waals surface area contributed by atoms with Crippen LogP contribution in [0.5, 0.6) is 0 Å². The van der Waals surface area contributed by atoms with Crippen molar-refractivity contribution in [2.24, 2.45) is 5.73 Å². The van der Waals surface area contributed by atoms with E-state index in [-0.39, 0.29) is 6.04 Å². The Morgan fingerprint density at radius 3 is 2.93 bits per heavy atom. The van der Waals surface area contributed by atoms with Gasteiger partial charge in [0.05, 0.1) is 9.83 Å². The molecular formula is C11H15BrN2S. The molecule has 0 bridgehead atoms. The minimum absolute atomic E-state index is 0.250. The van der Waals surface area contributed by atoms with E-state index in [2.05, 4.69) is 45.2 Å². The maximum atomic E-state index is 5.72. The normalized spacial score (nSPS) is 11.9. The Hall–Kier alpha value is -0.340. The molecule has 0 saturated carbocycles. The zero-order valence-corrected chi connectivity index (χ0v) is 11.1. The van der Waals surface area contributed by atoms with E-state index in [1.807, 2.05) is 6.92 Å². The van der Waals surface area contributed by atoms with Gasteiger partial charge >= 0.3 is 0 Å². The quantitative estimate of drug-likeness (QED) is 0.645. The fourth-order valence-corrected chi connectivity index (χ4v) is 2.76. The van der Waals surface area contributed by atoms with Crippen LogP contribution in [-0.2, 0) is 0 Å². The topological polar surface area (TPSA) is 38.0 Å². The van der Waals surface area contributed by atoms with Gasteiger partial charge in [0.2, 0.25) is 0 Å². The number of hydrogen-bond acceptors (Lipinski definition) is 3. The molecule has 82 valence electrons. The van der Waals surface area contributed by atoms with Gasteiger partial charge in [-0.05, 0) is 35.0 Å². The second-order valence-electron chi connectivity index (χ2n) is 3.06. The molecule has 1 aromatic heterocycles. The van der Waals surface area contributed by atoms with E-state index in [1.165, 1.54) is 4.88 Å². The van der Waals surface area contributed by atoms with E-state index in [1.54, 1.807) is 11.3 Å². The molecule has 2 nitrogen and oxygen atoms in total. The first kappa shape index (κ1) is 12.7. The van der Waals surface area contributed by atoms with Crippen LogP contribution in [0.3, 0.4) is 0 Å². The maximum Gasteiger partial charge on any atom is 0.0702 e. The van der Waals surface area contributed by atoms with Gasteiger partial charge in [-0.1, -0.05) is 0 Å². The second-order valence-corrected chi connectivity index (χ2v) is 5.56. The Kier molecular flexibility index (Phi) is 5.96. The predicted molar refractivity (Wildman–Crippen MR) is 69.9 cm³/mol. The van der Waals surface area contributed by atoms with Crippen molar-refractivity contribution in [1.29, 1.82) is 0 Å². The lowest BCUT2D eigenvalue weighted by Crippen LogP contribution is -2.28. The predicted octanol–water partition coefficient (Wildman–Crippen LogP) is 2.51. The number of hydrogen-bond donors (Lipinski definition) is 2. The molecule has 1 aromatic rings. The largest absolute Gasteiger partial charge is 0.329 e. The van der Waals surface area contributed by atoms with Crippen LogP contribution in [0.25, 0.3) is 0 Å². The fraction of sp³-hybridized carbons (Fsp3) is 0.455. The summed E-state index contributed by atoms with van der Waals surface area (Å²) in [6.45, 7) is 3.36. The summed E-state index contributed by atoms with van der Waals surface area (Å²) >= 11 is 5.17. The molecule has 3 N–H and O–H groups in total. The highest BCUT2D eigenvalue weighted by Crippen LogP contribution is 2.26. The Bertz CT molecular complexity index is 351. The first-order chi connectivity index (χ1) is 7.27. The van der Waals surface area contributed by atoms with Crippen molar-refractivity contribution in [2.45, 2.75) is 19.4 Å². The first-order valence-corrected chi connectivity index (χ1v) is 6.47. The Labute approximate surface area is 103 Å². The van der Waals surface area contributed by atoms with Crippen LogP contribution in [0.15, 0.2) is 15.9 Å². The van der Waals surface area contributed by atoms with Gasteiger partial charge < -0.3 is 11.1 Å². The molecule has 4 heteroatoms. The van der Waals surface area contributed by atoms with Gasteiger partial charge in [0.15, 0.2) is 0 Å². The van der Waals surface area contributed by atoms with Crippen molar-refractivity contribution in [3.05, 3.63) is 20.8 Å². The average Bonchev–Trinajstić information content (AvgIpc) is 2.65. The molecule has 0 aliphatic rings. The zero-order chi connectivity index (χ0) is 11.1. The van der Waals surface area contributed by atoms with E-state index in [0.717, 1.165) is 16.8 Å². The lowest BCUT2D eigenvalue weighted by Gasteiger charge is -2.13. The van der Waals surface area contributed by atoms with Gasteiger partial charge in [-0.3, -0.25) is 0 Å². The van der Waals surface area contributed by atoms with Crippen LogP contribution >= 0.6 is 27.3 Å². The average molecular weight is 287 g/mol. The summed E-state index contributed by atoms with van der Waals surface area (Å²) in [6.07, 6.45) is 0.875. The number of nitrogens with two attached hydrogens (primary N) is 1. The molecule has 0 aromatic carbocycles. The van der Waals surface area contributed by atoms with Crippen molar-refractivity contribution >= 4 is 27.3 Å². The third kappa shape index (κ3) is 4.35. The van der Waals surface area contributed by atoms with Crippen LogP contribution in [-0.4, -0.2) is 13.1 Å². The summed E-state index contributed by atoms with van der Waals surface area (Å²) in [7, 11) is 0. The van der Waals surface area contributed by atoms with Crippen molar-refractivity contribution in [2.75, 3.05) is 13.1 Å². The molecule has 1 rings (SSSR count). The Balaban J connectivity index is 2.44. The van der Waals surface area contributed by atoms with Gasteiger partial charge in [0.1, 0.15) is 0 Å². The minimum Gasteiger partial charge on any atom is -0.329 e. The van der Waals surface area contributed by atoms with Crippen LogP contribution in [0, 0.1) is 11.8 Å². The zero-order valence-electron chi connectivity index (χ0n) is 8.72. The van der Waals surface area contributed by atoms with E-state index in [4.69, 9.17) is 5.73 Å². The highest BCUT2D eigenvalue weighted by atomic mass is 79.9. The van der Waals surface area contributed by atoms with E-state index in [9.17, 15) is 0 Å². The van der Waals surface area contributed by atoms with E-state index >= 15 is 0 Å². The van der Waals surface area contributed by atoms with Gasteiger partial charge in [-0.25, -0.2) is 0 Å². The highest BCUT2D eigenvalue weighted by Gasteiger charge is 2.10. The highest BCUT2D eigenvalue weighted by molar-refractivity contribution is 9.11. The summed E-state index contributed by atoms with van der Waals surface area (Å²) in [5, 5.41) is 3.40. The SMILES string of the molecule is CC#CCCNC(CN)c1ccc(Br)s1. The molecule has 0 amide bonds. The lowest BCUT2D eigenvalue weighted by atomic mass is 10.2. The smallest absolute Gasteiger partial charge is 0.0702 e. The fourth-order valence-electron chi connectivity index (χ4n) is 1.25. The van der Waals surface area contributed by atoms with E-state index in [0.29, 0.717) is 6.54 Å². The number of halogens is 1. The standard InChI is InChI=1S/C11H15BrN2S/c1-2-3-4-7-14-9(8-13)10-5-6-11(12)15-10/h5-6,9,14H,4,7-8,13H2,1H3. The summed E-state index contributed by atoms with van der Waals surface area (Å²) in [6, 6.07) is 4.40. The maximum absolute atomic E-state index is 5.72. The minimum atomic E-state index is 0.250. The van der Waals surface area contributed by atoms with Gasteiger partial charge in [0.25, 0.3) is 0 Å². The molecule has 0 radical (unpaired) electrons. The summed E-state index contributed by atoms with van der Waals surface area (Å²) in [5.41, 5.74) is 5.72. The molecule has 1 unspecified atom stereocenters. The van der Waals surface area contributed by atoms with Gasteiger partial charge in [0, 0.05) is 24.4 Å². The molecule has 1 heterocycles. The second kappa shape index (κ2) is 7.02. The third-order valence-electron chi connectivity index (χ3n) is 1.99. The van der Waals surface area contributed by atoms with Crippen molar-refractivity contribution in [1.82, 2.24) is 5.32 Å². The van der Waals surface area contributed by atoms with Crippen molar-refractivity contribution in [3.8, 4) is 11.8 Å². The van der Waals surface area contributed by atoms with Crippen LogP contribution in [0.4, 0.5) is 0 Å². The van der Waals surface area contributed by atoms with Gasteiger partial charge in [-0.2, -0.15) is 0 Å². The molecule has 0 fully saturated rings. The monoisotopic (exact) mass is 286 g/mol. The third-order valence-corrected chi connectivity index (χ3v) is 3.73. The molecule has 15 heavy (non-hydrogen) atoms. The number of rotatable bonds is 5. The van der Waals surface area contributed by atoms with Crippen molar-refractivity contribution in [3.63, 3.8) is 0 Å². The molecule has 0 aliphatic heterocycles. The first-order valence-electron chi connectivity index (χ1n) is 4.86. The van der Waals surface area contributed by atoms with Crippen LogP contribution in [0.2, 0.25) is 0 Å². The summed E-state index contributed by atoms with van der Waals surface area (Å²) in [5.74, 6) is 5.90. The van der Waals surface area contributed by atoms with E-state index < -0.39 is 0 Å². The molecule has 1 atom stereocenters. The lowest BCUT2D eigenvalue weighted by molar-refractivity contribution is 0.558. The molecular weight excluding hydrogens is 272 g/mol. The number of thiophene rings is 1.